The maximum atomic E-state index is 11.6. The molecule has 0 aliphatic carbocycles. The first-order valence-electron chi connectivity index (χ1n) is 6.95. The van der Waals surface area contributed by atoms with Crippen LogP contribution >= 0.6 is 11.3 Å². The van der Waals surface area contributed by atoms with E-state index in [0.29, 0.717) is 4.88 Å². The molecule has 0 aliphatic rings. The van der Waals surface area contributed by atoms with Gasteiger partial charge in [0.15, 0.2) is 0 Å². The number of nitrogens with one attached hydrogen (secondary N) is 1. The van der Waals surface area contributed by atoms with Gasteiger partial charge in [-0.15, -0.1) is 11.3 Å². The number of nitrogens with zero attached hydrogens (tertiary/aromatic N) is 2. The fourth-order valence-electron chi connectivity index (χ4n) is 2.03. The van der Waals surface area contributed by atoms with Gasteiger partial charge >= 0.3 is 0 Å². The van der Waals surface area contributed by atoms with E-state index in [1.54, 1.807) is 0 Å². The number of amides is 1. The molecule has 6 heteroatoms. The fraction of sp³-hybridized carbons (Fsp3) is 0.643. The molecule has 1 aromatic rings. The van der Waals surface area contributed by atoms with Gasteiger partial charge < -0.3 is 4.90 Å². The van der Waals surface area contributed by atoms with Gasteiger partial charge in [0.1, 0.15) is 0 Å². The molecule has 5 nitrogen and oxygen atoms in total. The van der Waals surface area contributed by atoms with Gasteiger partial charge in [-0.05, 0) is 45.6 Å². The summed E-state index contributed by atoms with van der Waals surface area (Å²) >= 11 is 1.50. The first kappa shape index (κ1) is 17.1. The predicted molar refractivity (Wildman–Crippen MR) is 84.8 cm³/mol. The second kappa shape index (κ2) is 8.36. The van der Waals surface area contributed by atoms with Crippen LogP contribution in [0.25, 0.3) is 0 Å². The van der Waals surface area contributed by atoms with Crippen LogP contribution in [0.4, 0.5) is 0 Å². The summed E-state index contributed by atoms with van der Waals surface area (Å²) in [7, 11) is 4.17. The predicted octanol–water partition coefficient (Wildman–Crippen LogP) is 1.43. The van der Waals surface area contributed by atoms with Crippen molar-refractivity contribution in [2.24, 2.45) is 5.84 Å². The number of aryl methyl sites for hydroxylation is 1. The largest absolute Gasteiger partial charge is 0.308 e. The SMILES string of the molecule is CCCN(CCN(C)C)Cc1cc(C(=O)NN)sc1C. The molecule has 0 atom stereocenters. The molecule has 1 aromatic heterocycles. The van der Waals surface area contributed by atoms with E-state index in [-0.39, 0.29) is 5.91 Å². The van der Waals surface area contributed by atoms with E-state index in [1.165, 1.54) is 21.8 Å². The topological polar surface area (TPSA) is 61.6 Å². The Bertz CT molecular complexity index is 431. The summed E-state index contributed by atoms with van der Waals surface area (Å²) < 4.78 is 0. The quantitative estimate of drug-likeness (QED) is 0.433. The van der Waals surface area contributed by atoms with E-state index >= 15 is 0 Å². The smallest absolute Gasteiger partial charge is 0.275 e. The number of hydrogen-bond acceptors (Lipinski definition) is 5. The van der Waals surface area contributed by atoms with Crippen molar-refractivity contribution in [2.45, 2.75) is 26.8 Å². The molecule has 1 heterocycles. The van der Waals surface area contributed by atoms with Gasteiger partial charge in [0.25, 0.3) is 5.91 Å². The van der Waals surface area contributed by atoms with Gasteiger partial charge in [0, 0.05) is 24.5 Å². The molecule has 1 rings (SSSR count). The second-order valence-electron chi connectivity index (χ2n) is 5.24. The number of thiophene rings is 1. The van der Waals surface area contributed by atoms with Crippen molar-refractivity contribution in [1.82, 2.24) is 15.2 Å². The van der Waals surface area contributed by atoms with Crippen LogP contribution in [0, 0.1) is 6.92 Å². The van der Waals surface area contributed by atoms with Gasteiger partial charge in [-0.2, -0.15) is 0 Å². The minimum Gasteiger partial charge on any atom is -0.308 e. The van der Waals surface area contributed by atoms with Crippen LogP contribution in [0.2, 0.25) is 0 Å². The highest BCUT2D eigenvalue weighted by atomic mass is 32.1. The minimum absolute atomic E-state index is 0.209. The summed E-state index contributed by atoms with van der Waals surface area (Å²) in [6.45, 7) is 8.29. The van der Waals surface area contributed by atoms with Crippen molar-refractivity contribution in [3.05, 3.63) is 21.4 Å². The van der Waals surface area contributed by atoms with Gasteiger partial charge in [0.05, 0.1) is 4.88 Å². The maximum absolute atomic E-state index is 11.6. The van der Waals surface area contributed by atoms with Gasteiger partial charge in [-0.1, -0.05) is 6.92 Å². The molecule has 0 radical (unpaired) electrons. The van der Waals surface area contributed by atoms with Crippen molar-refractivity contribution >= 4 is 17.2 Å². The zero-order chi connectivity index (χ0) is 15.1. The summed E-state index contributed by atoms with van der Waals surface area (Å²) in [5.41, 5.74) is 3.41. The van der Waals surface area contributed by atoms with Crippen LogP contribution in [0.5, 0.6) is 0 Å². The maximum Gasteiger partial charge on any atom is 0.275 e. The van der Waals surface area contributed by atoms with Crippen LogP contribution < -0.4 is 11.3 Å². The first-order chi connectivity index (χ1) is 9.47. The first-order valence-corrected chi connectivity index (χ1v) is 7.76. The van der Waals surface area contributed by atoms with Crippen molar-refractivity contribution in [1.29, 1.82) is 0 Å². The number of carbonyl (C=O) groups is 1. The monoisotopic (exact) mass is 298 g/mol. The third-order valence-electron chi connectivity index (χ3n) is 3.17. The van der Waals surface area contributed by atoms with E-state index in [0.717, 1.165) is 32.6 Å². The highest BCUT2D eigenvalue weighted by molar-refractivity contribution is 7.14. The Morgan fingerprint density at radius 1 is 1.35 bits per heavy atom. The highest BCUT2D eigenvalue weighted by Gasteiger charge is 2.14. The minimum atomic E-state index is -0.209. The molecular weight excluding hydrogens is 272 g/mol. The van der Waals surface area contributed by atoms with Gasteiger partial charge in [0.2, 0.25) is 0 Å². The summed E-state index contributed by atoms with van der Waals surface area (Å²) in [4.78, 5) is 18.1. The normalized spacial score (nSPS) is 11.3. The molecule has 114 valence electrons. The molecule has 20 heavy (non-hydrogen) atoms. The lowest BCUT2D eigenvalue weighted by Crippen LogP contribution is -2.32. The Kier molecular flexibility index (Phi) is 7.15. The molecular formula is C14H26N4OS. The Morgan fingerprint density at radius 3 is 2.60 bits per heavy atom. The van der Waals surface area contributed by atoms with E-state index in [9.17, 15) is 4.79 Å². The number of rotatable bonds is 8. The average Bonchev–Trinajstić information content (AvgIpc) is 2.76. The molecule has 0 aliphatic heterocycles. The molecule has 0 fully saturated rings. The summed E-state index contributed by atoms with van der Waals surface area (Å²) in [6, 6.07) is 1.96. The zero-order valence-corrected chi connectivity index (χ0v) is 13.7. The highest BCUT2D eigenvalue weighted by Crippen LogP contribution is 2.23. The molecule has 1 amide bonds. The Labute approximate surface area is 125 Å². The fourth-order valence-corrected chi connectivity index (χ4v) is 2.97. The summed E-state index contributed by atoms with van der Waals surface area (Å²) in [5.74, 6) is 4.98. The molecule has 0 unspecified atom stereocenters. The van der Waals surface area contributed by atoms with Crippen molar-refractivity contribution in [3.63, 3.8) is 0 Å². The molecule has 3 N–H and O–H groups in total. The van der Waals surface area contributed by atoms with Gasteiger partial charge in [-0.25, -0.2) is 5.84 Å². The summed E-state index contributed by atoms with van der Waals surface area (Å²) in [5, 5.41) is 0. The third-order valence-corrected chi connectivity index (χ3v) is 4.26. The van der Waals surface area contributed by atoms with Crippen LogP contribution in [0.1, 0.15) is 33.5 Å². The number of hydrazine groups is 1. The van der Waals surface area contributed by atoms with E-state index < -0.39 is 0 Å². The molecule has 0 spiro atoms. The number of likely N-dealkylation sites (N-methyl/N-ethyl adjacent to an activating group) is 1. The lowest BCUT2D eigenvalue weighted by atomic mass is 10.2. The second-order valence-corrected chi connectivity index (χ2v) is 6.50. The number of nitrogens with two attached hydrogens (primary N) is 1. The van der Waals surface area contributed by atoms with Crippen molar-refractivity contribution < 1.29 is 4.79 Å². The van der Waals surface area contributed by atoms with Crippen LogP contribution in [0.15, 0.2) is 6.07 Å². The Morgan fingerprint density at radius 2 is 2.05 bits per heavy atom. The van der Waals surface area contributed by atoms with E-state index in [1.807, 2.05) is 6.07 Å². The molecule has 0 aromatic carbocycles. The molecule has 0 saturated carbocycles. The Balaban J connectivity index is 2.72. The summed E-state index contributed by atoms with van der Waals surface area (Å²) in [6.07, 6.45) is 1.13. The van der Waals surface area contributed by atoms with E-state index in [2.05, 4.69) is 43.2 Å². The van der Waals surface area contributed by atoms with Crippen molar-refractivity contribution in [3.8, 4) is 0 Å². The molecule has 0 saturated heterocycles. The van der Waals surface area contributed by atoms with Crippen LogP contribution in [-0.4, -0.2) is 49.4 Å². The number of nitrogen functional groups attached to an aromatic ring is 1. The molecule has 0 bridgehead atoms. The van der Waals surface area contributed by atoms with Gasteiger partial charge in [-0.3, -0.25) is 15.1 Å². The van der Waals surface area contributed by atoms with Crippen LogP contribution in [0.3, 0.4) is 0 Å². The van der Waals surface area contributed by atoms with E-state index in [4.69, 9.17) is 5.84 Å². The standard InChI is InChI=1S/C14H26N4OS/c1-5-6-18(8-7-17(3)4)10-12-9-13(14(19)16-15)20-11(12)2/h9H,5-8,10,15H2,1-4H3,(H,16,19). The average molecular weight is 298 g/mol. The van der Waals surface area contributed by atoms with Crippen LogP contribution in [-0.2, 0) is 6.54 Å². The number of carbonyl (C=O) groups excluding carboxylic acids is 1. The number of hydrogen-bond donors (Lipinski definition) is 2. The third kappa shape index (κ3) is 5.20. The lowest BCUT2D eigenvalue weighted by Gasteiger charge is -2.23. The van der Waals surface area contributed by atoms with Crippen molar-refractivity contribution in [2.75, 3.05) is 33.7 Å². The Hall–Kier alpha value is -0.950. The zero-order valence-electron chi connectivity index (χ0n) is 12.9. The lowest BCUT2D eigenvalue weighted by molar-refractivity contribution is 0.0957.